The molecular weight excluding hydrogens is 248 g/mol. The minimum absolute atomic E-state index is 0.360. The zero-order valence-electron chi connectivity index (χ0n) is 12.9. The van der Waals surface area contributed by atoms with Crippen LogP contribution in [0.5, 0.6) is 0 Å². The first-order chi connectivity index (χ1) is 9.81. The number of nitrogens with one attached hydrogen (secondary N) is 1. The maximum absolute atomic E-state index is 9.07. The third kappa shape index (κ3) is 3.75. The third-order valence-corrected chi connectivity index (χ3v) is 5.74. The minimum atomic E-state index is 0.360. The summed E-state index contributed by atoms with van der Waals surface area (Å²) < 4.78 is 0. The lowest BCUT2D eigenvalue weighted by atomic mass is 9.85. The number of aliphatic hydroxyl groups is 1. The van der Waals surface area contributed by atoms with Crippen molar-refractivity contribution in [2.75, 3.05) is 26.2 Å². The van der Waals surface area contributed by atoms with Gasteiger partial charge in [0.1, 0.15) is 0 Å². The van der Waals surface area contributed by atoms with Gasteiger partial charge >= 0.3 is 0 Å². The number of likely N-dealkylation sites (tertiary alicyclic amines) is 1. The largest absolute Gasteiger partial charge is 0.396 e. The fraction of sp³-hybridized carbons (Fsp3) is 1.00. The molecule has 3 heteroatoms. The Hall–Kier alpha value is -0.120. The summed E-state index contributed by atoms with van der Waals surface area (Å²) in [7, 11) is 0. The molecule has 3 fully saturated rings. The molecule has 0 aromatic heterocycles. The summed E-state index contributed by atoms with van der Waals surface area (Å²) in [5, 5.41) is 12.9. The van der Waals surface area contributed by atoms with Crippen molar-refractivity contribution < 1.29 is 5.11 Å². The molecule has 0 aromatic carbocycles. The standard InChI is InChI=1S/C17H32N2O/c20-12-4-6-16-5-3-11-19(16)14-17(9-1-2-10-17)13-18-15-7-8-15/h15-16,18,20H,1-14H2. The summed E-state index contributed by atoms with van der Waals surface area (Å²) in [6, 6.07) is 1.59. The van der Waals surface area contributed by atoms with Crippen LogP contribution in [-0.4, -0.2) is 48.3 Å². The van der Waals surface area contributed by atoms with E-state index in [1.54, 1.807) is 0 Å². The van der Waals surface area contributed by atoms with Crippen LogP contribution >= 0.6 is 0 Å². The van der Waals surface area contributed by atoms with Gasteiger partial charge in [-0.25, -0.2) is 0 Å². The number of hydrogen-bond donors (Lipinski definition) is 2. The monoisotopic (exact) mass is 280 g/mol. The van der Waals surface area contributed by atoms with Gasteiger partial charge in [-0.2, -0.15) is 0 Å². The molecule has 1 atom stereocenters. The van der Waals surface area contributed by atoms with Gasteiger partial charge in [-0.05, 0) is 63.3 Å². The normalized spacial score (nSPS) is 30.1. The minimum Gasteiger partial charge on any atom is -0.396 e. The van der Waals surface area contributed by atoms with E-state index in [0.717, 1.165) is 18.5 Å². The number of aliphatic hydroxyl groups excluding tert-OH is 1. The Kier molecular flexibility index (Phi) is 5.00. The predicted molar refractivity (Wildman–Crippen MR) is 82.8 cm³/mol. The van der Waals surface area contributed by atoms with Crippen LogP contribution in [0.1, 0.15) is 64.2 Å². The van der Waals surface area contributed by atoms with Crippen molar-refractivity contribution >= 4 is 0 Å². The van der Waals surface area contributed by atoms with Crippen molar-refractivity contribution in [1.29, 1.82) is 0 Å². The molecule has 1 unspecified atom stereocenters. The summed E-state index contributed by atoms with van der Waals surface area (Å²) in [5.74, 6) is 0. The molecule has 2 aliphatic carbocycles. The quantitative estimate of drug-likeness (QED) is 0.717. The lowest BCUT2D eigenvalue weighted by Gasteiger charge is -2.37. The first-order valence-corrected chi connectivity index (χ1v) is 8.90. The molecule has 3 rings (SSSR count). The molecule has 0 aromatic rings. The Morgan fingerprint density at radius 2 is 1.90 bits per heavy atom. The second-order valence-electron chi connectivity index (χ2n) is 7.49. The molecular formula is C17H32N2O. The lowest BCUT2D eigenvalue weighted by molar-refractivity contribution is 0.129. The van der Waals surface area contributed by atoms with Crippen LogP contribution in [0.4, 0.5) is 0 Å². The van der Waals surface area contributed by atoms with Gasteiger partial charge in [0, 0.05) is 31.8 Å². The van der Waals surface area contributed by atoms with Gasteiger partial charge in [0.05, 0.1) is 0 Å². The second-order valence-corrected chi connectivity index (χ2v) is 7.49. The van der Waals surface area contributed by atoms with Crippen molar-refractivity contribution in [2.45, 2.75) is 76.3 Å². The molecule has 1 aliphatic heterocycles. The van der Waals surface area contributed by atoms with Gasteiger partial charge in [0.25, 0.3) is 0 Å². The highest BCUT2D eigenvalue weighted by Gasteiger charge is 2.39. The summed E-state index contributed by atoms with van der Waals surface area (Å²) in [6.07, 6.45) is 13.4. The summed E-state index contributed by atoms with van der Waals surface area (Å²) in [4.78, 5) is 2.76. The molecule has 2 saturated carbocycles. The van der Waals surface area contributed by atoms with Gasteiger partial charge in [-0.3, -0.25) is 4.90 Å². The maximum Gasteiger partial charge on any atom is 0.0431 e. The molecule has 1 saturated heterocycles. The summed E-state index contributed by atoms with van der Waals surface area (Å²) in [5.41, 5.74) is 0.560. The molecule has 20 heavy (non-hydrogen) atoms. The average molecular weight is 280 g/mol. The van der Waals surface area contributed by atoms with Crippen LogP contribution < -0.4 is 5.32 Å². The van der Waals surface area contributed by atoms with Crippen molar-refractivity contribution in [3.05, 3.63) is 0 Å². The van der Waals surface area contributed by atoms with Gasteiger partial charge < -0.3 is 10.4 Å². The van der Waals surface area contributed by atoms with Crippen LogP contribution in [0.25, 0.3) is 0 Å². The highest BCUT2D eigenvalue weighted by molar-refractivity contribution is 4.94. The Bertz CT molecular complexity index is 297. The van der Waals surface area contributed by atoms with Crippen molar-refractivity contribution in [1.82, 2.24) is 10.2 Å². The number of rotatable bonds is 8. The highest BCUT2D eigenvalue weighted by Crippen LogP contribution is 2.40. The first kappa shape index (κ1) is 14.8. The Morgan fingerprint density at radius 1 is 1.10 bits per heavy atom. The van der Waals surface area contributed by atoms with Crippen LogP contribution in [0.2, 0.25) is 0 Å². The zero-order chi connectivity index (χ0) is 13.8. The molecule has 2 N–H and O–H groups in total. The Balaban J connectivity index is 1.54. The molecule has 0 spiro atoms. The SMILES string of the molecule is OCCCC1CCCN1CC1(CNC2CC2)CCCC1. The molecule has 1 heterocycles. The van der Waals surface area contributed by atoms with Crippen molar-refractivity contribution in [3.8, 4) is 0 Å². The smallest absolute Gasteiger partial charge is 0.0431 e. The molecule has 116 valence electrons. The van der Waals surface area contributed by atoms with Crippen molar-refractivity contribution in [2.24, 2.45) is 5.41 Å². The summed E-state index contributed by atoms with van der Waals surface area (Å²) >= 11 is 0. The molecule has 0 amide bonds. The van der Waals surface area contributed by atoms with Crippen LogP contribution in [0.3, 0.4) is 0 Å². The van der Waals surface area contributed by atoms with Gasteiger partial charge in [-0.15, -0.1) is 0 Å². The van der Waals surface area contributed by atoms with E-state index >= 15 is 0 Å². The van der Waals surface area contributed by atoms with Crippen LogP contribution in [0, 0.1) is 5.41 Å². The Labute approximate surface area is 124 Å². The van der Waals surface area contributed by atoms with Gasteiger partial charge in [-0.1, -0.05) is 12.8 Å². The third-order valence-electron chi connectivity index (χ3n) is 5.74. The molecule has 3 aliphatic rings. The fourth-order valence-electron chi connectivity index (χ4n) is 4.35. The van der Waals surface area contributed by atoms with Gasteiger partial charge in [0.15, 0.2) is 0 Å². The van der Waals surface area contributed by atoms with E-state index in [1.165, 1.54) is 77.4 Å². The topological polar surface area (TPSA) is 35.5 Å². The maximum atomic E-state index is 9.07. The average Bonchev–Trinajstić information content (AvgIpc) is 3.02. The molecule has 0 bridgehead atoms. The van der Waals surface area contributed by atoms with Crippen LogP contribution in [-0.2, 0) is 0 Å². The van der Waals surface area contributed by atoms with E-state index in [9.17, 15) is 0 Å². The molecule has 0 radical (unpaired) electrons. The van der Waals surface area contributed by atoms with Crippen molar-refractivity contribution in [3.63, 3.8) is 0 Å². The zero-order valence-corrected chi connectivity index (χ0v) is 12.9. The van der Waals surface area contributed by atoms with E-state index in [4.69, 9.17) is 5.11 Å². The van der Waals surface area contributed by atoms with E-state index in [-0.39, 0.29) is 0 Å². The molecule has 3 nitrogen and oxygen atoms in total. The number of hydrogen-bond acceptors (Lipinski definition) is 3. The number of nitrogens with zero attached hydrogens (tertiary/aromatic N) is 1. The fourth-order valence-corrected chi connectivity index (χ4v) is 4.35. The van der Waals surface area contributed by atoms with E-state index in [0.29, 0.717) is 12.0 Å². The van der Waals surface area contributed by atoms with Crippen LogP contribution in [0.15, 0.2) is 0 Å². The van der Waals surface area contributed by atoms with E-state index < -0.39 is 0 Å². The van der Waals surface area contributed by atoms with E-state index in [2.05, 4.69) is 10.2 Å². The van der Waals surface area contributed by atoms with Gasteiger partial charge in [0.2, 0.25) is 0 Å². The predicted octanol–water partition coefficient (Wildman–Crippen LogP) is 2.54. The summed E-state index contributed by atoms with van der Waals surface area (Å²) in [6.45, 7) is 4.21. The Morgan fingerprint density at radius 3 is 2.60 bits per heavy atom. The first-order valence-electron chi connectivity index (χ1n) is 8.90. The van der Waals surface area contributed by atoms with E-state index in [1.807, 2.05) is 0 Å². The lowest BCUT2D eigenvalue weighted by Crippen LogP contribution is -2.44. The highest BCUT2D eigenvalue weighted by atomic mass is 16.2. The second kappa shape index (κ2) is 6.76.